The van der Waals surface area contributed by atoms with Gasteiger partial charge in [-0.25, -0.2) is 0 Å². The summed E-state index contributed by atoms with van der Waals surface area (Å²) in [5.41, 5.74) is 0. The zero-order chi connectivity index (χ0) is 6.85. The van der Waals surface area contributed by atoms with Crippen LogP contribution >= 0.6 is 9.12 Å². The van der Waals surface area contributed by atoms with Crippen molar-refractivity contribution in [2.24, 2.45) is 0 Å². The molecular weight excluding hydrogens is 138 g/mol. The summed E-state index contributed by atoms with van der Waals surface area (Å²) in [6.45, 7) is 1.59. The topological polar surface area (TPSA) is 43.4 Å². The Balaban J connectivity index is 2.58. The SMILES string of the molecule is O=C1CC([B]P)C(=O)O1. The summed E-state index contributed by atoms with van der Waals surface area (Å²) in [5.74, 6) is -1.19. The van der Waals surface area contributed by atoms with Crippen LogP contribution in [-0.2, 0) is 14.3 Å². The molecule has 9 heavy (non-hydrogen) atoms. The Morgan fingerprint density at radius 2 is 2.33 bits per heavy atom. The second kappa shape index (κ2) is 2.48. The smallest absolute Gasteiger partial charge is 0.313 e. The standard InChI is InChI=1S/C4H5BO3P/c6-3-1-2(5-9)4(7)8-3/h2H,1,9H2. The van der Waals surface area contributed by atoms with Crippen molar-refractivity contribution in [1.29, 1.82) is 0 Å². The van der Waals surface area contributed by atoms with Crippen LogP contribution in [0.15, 0.2) is 0 Å². The maximum Gasteiger partial charge on any atom is 0.313 e. The first-order valence-corrected chi connectivity index (χ1v) is 3.20. The maximum atomic E-state index is 10.5. The Morgan fingerprint density at radius 1 is 1.67 bits per heavy atom. The van der Waals surface area contributed by atoms with Gasteiger partial charge in [-0.05, 0) is 0 Å². The molecule has 5 heteroatoms. The van der Waals surface area contributed by atoms with Crippen molar-refractivity contribution >= 4 is 28.1 Å². The van der Waals surface area contributed by atoms with Gasteiger partial charge in [0.05, 0.1) is 6.42 Å². The molecule has 0 aromatic rings. The molecule has 0 bridgehead atoms. The first-order valence-electron chi connectivity index (χ1n) is 2.53. The van der Waals surface area contributed by atoms with Gasteiger partial charge in [-0.2, -0.15) is 9.12 Å². The van der Waals surface area contributed by atoms with Crippen LogP contribution in [0.4, 0.5) is 0 Å². The van der Waals surface area contributed by atoms with E-state index in [9.17, 15) is 9.59 Å². The predicted molar refractivity (Wildman–Crippen MR) is 34.9 cm³/mol. The first kappa shape index (κ1) is 6.75. The fourth-order valence-electron chi connectivity index (χ4n) is 0.639. The molecule has 1 saturated heterocycles. The van der Waals surface area contributed by atoms with Crippen molar-refractivity contribution in [2.75, 3.05) is 0 Å². The number of carbonyl (C=O) groups excluding carboxylic acids is 2. The highest BCUT2D eigenvalue weighted by Crippen LogP contribution is 2.21. The molecule has 0 aromatic heterocycles. The van der Waals surface area contributed by atoms with E-state index in [1.165, 1.54) is 0 Å². The van der Waals surface area contributed by atoms with Gasteiger partial charge >= 0.3 is 11.9 Å². The minimum Gasteiger partial charge on any atom is -0.393 e. The molecule has 0 aromatic carbocycles. The average Bonchev–Trinajstić information content (AvgIpc) is 2.10. The van der Waals surface area contributed by atoms with E-state index in [0.717, 1.165) is 0 Å². The van der Waals surface area contributed by atoms with Crippen LogP contribution in [0, 0.1) is 0 Å². The third kappa shape index (κ3) is 1.30. The lowest BCUT2D eigenvalue weighted by atomic mass is 9.85. The van der Waals surface area contributed by atoms with E-state index in [-0.39, 0.29) is 12.2 Å². The highest BCUT2D eigenvalue weighted by Gasteiger charge is 2.31. The minimum absolute atomic E-state index is 0.197. The molecular formula is C4H5BO3P. The number of carbonyl (C=O) groups is 2. The van der Waals surface area contributed by atoms with Gasteiger partial charge in [-0.3, -0.25) is 9.59 Å². The fraction of sp³-hybridized carbons (Fsp3) is 0.500. The van der Waals surface area contributed by atoms with Crippen LogP contribution in [0.3, 0.4) is 0 Å². The number of cyclic esters (lactones) is 2. The Morgan fingerprint density at radius 3 is 2.56 bits per heavy atom. The average molecular weight is 143 g/mol. The van der Waals surface area contributed by atoms with Crippen LogP contribution in [0.1, 0.15) is 6.42 Å². The van der Waals surface area contributed by atoms with Gasteiger partial charge < -0.3 is 4.74 Å². The molecule has 1 aliphatic rings. The van der Waals surface area contributed by atoms with Gasteiger partial charge in [0.2, 0.25) is 0 Å². The van der Waals surface area contributed by atoms with E-state index in [4.69, 9.17) is 0 Å². The van der Waals surface area contributed by atoms with Gasteiger partial charge in [0.25, 0.3) is 0 Å². The molecule has 1 aliphatic heterocycles. The molecule has 0 aliphatic carbocycles. The van der Waals surface area contributed by atoms with Crippen LogP contribution in [0.25, 0.3) is 0 Å². The number of ether oxygens (including phenoxy) is 1. The molecule has 1 fully saturated rings. The predicted octanol–water partition coefficient (Wildman–Crippen LogP) is -0.257. The molecule has 2 unspecified atom stereocenters. The Bertz CT molecular complexity index is 158. The first-order chi connectivity index (χ1) is 4.24. The fourth-order valence-corrected chi connectivity index (χ4v) is 0.932. The second-order valence-electron chi connectivity index (χ2n) is 1.80. The number of esters is 2. The Labute approximate surface area is 55.5 Å². The lowest BCUT2D eigenvalue weighted by Gasteiger charge is -1.92. The van der Waals surface area contributed by atoms with Crippen molar-refractivity contribution in [3.8, 4) is 0 Å². The molecule has 1 radical (unpaired) electrons. The zero-order valence-corrected chi connectivity index (χ0v) is 5.82. The summed E-state index contributed by atoms with van der Waals surface area (Å²) in [4.78, 5) is 20.9. The highest BCUT2D eigenvalue weighted by molar-refractivity contribution is 7.56. The second-order valence-corrected chi connectivity index (χ2v) is 2.18. The summed E-state index contributed by atoms with van der Waals surface area (Å²) in [6.07, 6.45) is 0.197. The van der Waals surface area contributed by atoms with Crippen LogP contribution in [0.2, 0.25) is 5.82 Å². The Hall–Kier alpha value is -0.365. The van der Waals surface area contributed by atoms with Gasteiger partial charge in [-0.15, -0.1) is 0 Å². The van der Waals surface area contributed by atoms with Crippen LogP contribution in [-0.4, -0.2) is 18.9 Å². The number of hydrogen-bond acceptors (Lipinski definition) is 3. The lowest BCUT2D eigenvalue weighted by molar-refractivity contribution is -0.151. The summed E-state index contributed by atoms with van der Waals surface area (Å²) >= 11 is 0. The normalized spacial score (nSPS) is 26.1. The van der Waals surface area contributed by atoms with Crippen molar-refractivity contribution < 1.29 is 14.3 Å². The Kier molecular flexibility index (Phi) is 1.86. The molecule has 47 valence electrons. The summed E-state index contributed by atoms with van der Waals surface area (Å²) in [5, 5.41) is 0. The van der Waals surface area contributed by atoms with Crippen molar-refractivity contribution in [3.05, 3.63) is 0 Å². The molecule has 0 spiro atoms. The third-order valence-electron chi connectivity index (χ3n) is 1.14. The van der Waals surface area contributed by atoms with E-state index >= 15 is 0 Å². The van der Waals surface area contributed by atoms with E-state index in [1.54, 1.807) is 7.00 Å². The summed E-state index contributed by atoms with van der Waals surface area (Å²) < 4.78 is 4.24. The summed E-state index contributed by atoms with van der Waals surface area (Å²) in [7, 11) is 2.29. The minimum atomic E-state index is -0.435. The van der Waals surface area contributed by atoms with Gasteiger partial charge in [0.1, 0.15) is 0 Å². The van der Waals surface area contributed by atoms with E-state index in [0.29, 0.717) is 0 Å². The van der Waals surface area contributed by atoms with Crippen molar-refractivity contribution in [2.45, 2.75) is 12.2 Å². The molecule has 1 heterocycles. The lowest BCUT2D eigenvalue weighted by Crippen LogP contribution is -2.04. The largest absolute Gasteiger partial charge is 0.393 e. The number of hydrogen-bond donors (Lipinski definition) is 0. The molecule has 3 nitrogen and oxygen atoms in total. The molecule has 2 atom stereocenters. The van der Waals surface area contributed by atoms with Gasteiger partial charge in [0, 0.05) is 5.82 Å². The summed E-state index contributed by atoms with van der Waals surface area (Å²) in [6, 6.07) is 0. The van der Waals surface area contributed by atoms with Crippen LogP contribution in [0.5, 0.6) is 0 Å². The molecule has 1 rings (SSSR count). The third-order valence-corrected chi connectivity index (χ3v) is 1.60. The number of rotatable bonds is 1. The molecule has 0 N–H and O–H groups in total. The molecule has 0 amide bonds. The van der Waals surface area contributed by atoms with Gasteiger partial charge in [-0.1, -0.05) is 0 Å². The van der Waals surface area contributed by atoms with Crippen molar-refractivity contribution in [3.63, 3.8) is 0 Å². The van der Waals surface area contributed by atoms with E-state index in [2.05, 4.69) is 13.9 Å². The van der Waals surface area contributed by atoms with E-state index in [1.807, 2.05) is 0 Å². The zero-order valence-electron chi connectivity index (χ0n) is 4.66. The monoisotopic (exact) mass is 143 g/mol. The van der Waals surface area contributed by atoms with E-state index < -0.39 is 11.9 Å². The maximum absolute atomic E-state index is 10.5. The molecule has 0 saturated carbocycles. The van der Waals surface area contributed by atoms with Crippen molar-refractivity contribution in [1.82, 2.24) is 0 Å². The van der Waals surface area contributed by atoms with Gasteiger partial charge in [0.15, 0.2) is 7.00 Å². The highest BCUT2D eigenvalue weighted by atomic mass is 31.0. The van der Waals surface area contributed by atoms with Crippen LogP contribution < -0.4 is 0 Å². The quantitative estimate of drug-likeness (QED) is 0.220.